The van der Waals surface area contributed by atoms with Crippen molar-refractivity contribution in [3.63, 3.8) is 0 Å². The molecule has 13 heteroatoms. The Bertz CT molecular complexity index is 1250. The fourth-order valence-electron chi connectivity index (χ4n) is 2.68. The summed E-state index contributed by atoms with van der Waals surface area (Å²) in [6, 6.07) is 11.0. The molecule has 2 amide bonds. The van der Waals surface area contributed by atoms with Gasteiger partial charge < -0.3 is 14.8 Å². The number of nitrogens with one attached hydrogen (secondary N) is 2. The molecule has 3 aromatic rings. The molecular weight excluding hydrogens is 470 g/mol. The lowest BCUT2D eigenvalue weighted by molar-refractivity contribution is -0.384. The van der Waals surface area contributed by atoms with E-state index in [1.807, 2.05) is 0 Å². The molecule has 1 aliphatic rings. The first-order valence-electron chi connectivity index (χ1n) is 9.35. The van der Waals surface area contributed by atoms with Crippen LogP contribution in [0.2, 0.25) is 0 Å². The summed E-state index contributed by atoms with van der Waals surface area (Å²) in [6.45, 7) is 0.177. The molecule has 0 atom stereocenters. The van der Waals surface area contributed by atoms with Crippen molar-refractivity contribution in [2.45, 2.75) is 4.34 Å². The van der Waals surface area contributed by atoms with Crippen LogP contribution in [0.4, 0.5) is 16.5 Å². The number of carbonyl (C=O) groups excluding carboxylic acids is 2. The predicted molar refractivity (Wildman–Crippen MR) is 123 cm³/mol. The van der Waals surface area contributed by atoms with Gasteiger partial charge in [-0.15, -0.1) is 10.2 Å². The van der Waals surface area contributed by atoms with Crippen LogP contribution in [-0.4, -0.2) is 39.5 Å². The van der Waals surface area contributed by atoms with Gasteiger partial charge in [-0.05, 0) is 29.8 Å². The molecule has 0 spiro atoms. The van der Waals surface area contributed by atoms with Crippen LogP contribution in [-0.2, 0) is 9.59 Å². The van der Waals surface area contributed by atoms with Crippen molar-refractivity contribution in [1.29, 1.82) is 0 Å². The highest BCUT2D eigenvalue weighted by Crippen LogP contribution is 2.33. The third-order valence-electron chi connectivity index (χ3n) is 4.13. The van der Waals surface area contributed by atoms with Crippen molar-refractivity contribution in [1.82, 2.24) is 10.2 Å². The predicted octanol–water partition coefficient (Wildman–Crippen LogP) is 3.56. The van der Waals surface area contributed by atoms with Gasteiger partial charge >= 0.3 is 0 Å². The minimum atomic E-state index is -0.536. The van der Waals surface area contributed by atoms with Crippen LogP contribution < -0.4 is 20.1 Å². The van der Waals surface area contributed by atoms with Crippen LogP contribution in [0.25, 0.3) is 6.08 Å². The Labute approximate surface area is 195 Å². The monoisotopic (exact) mass is 485 g/mol. The van der Waals surface area contributed by atoms with Gasteiger partial charge in [-0.1, -0.05) is 35.2 Å². The lowest BCUT2D eigenvalue weighted by Gasteiger charge is -2.03. The first-order chi connectivity index (χ1) is 16.0. The quantitative estimate of drug-likeness (QED) is 0.161. The van der Waals surface area contributed by atoms with E-state index >= 15 is 0 Å². The molecule has 1 aliphatic heterocycles. The number of amides is 2. The topological polar surface area (TPSA) is 146 Å². The Morgan fingerprint density at radius 2 is 2.00 bits per heavy atom. The summed E-state index contributed by atoms with van der Waals surface area (Å²) in [5.74, 6) is 0.568. The molecule has 11 nitrogen and oxygen atoms in total. The molecule has 0 fully saturated rings. The van der Waals surface area contributed by atoms with Crippen LogP contribution in [0, 0.1) is 10.1 Å². The van der Waals surface area contributed by atoms with Gasteiger partial charge in [0.05, 0.1) is 10.7 Å². The number of benzene rings is 2. The number of thioether (sulfide) groups is 1. The third-order valence-corrected chi connectivity index (χ3v) is 6.10. The SMILES string of the molecule is O=C(/C=C/c1ccc2c(c1)OCO2)Nc1nnc(SCC(=O)Nc2cccc([N+](=O)[O-])c2)s1. The van der Waals surface area contributed by atoms with Crippen LogP contribution in [0.1, 0.15) is 5.56 Å². The minimum absolute atomic E-state index is 0.0231. The van der Waals surface area contributed by atoms with Crippen molar-refractivity contribution in [3.8, 4) is 11.5 Å². The average molecular weight is 486 g/mol. The molecule has 168 valence electrons. The molecule has 1 aromatic heterocycles. The molecule has 0 unspecified atom stereocenters. The van der Waals surface area contributed by atoms with E-state index in [2.05, 4.69) is 20.8 Å². The molecule has 2 heterocycles. The zero-order chi connectivity index (χ0) is 23.2. The average Bonchev–Trinajstić information content (AvgIpc) is 3.45. The van der Waals surface area contributed by atoms with Gasteiger partial charge in [0.2, 0.25) is 23.7 Å². The summed E-state index contributed by atoms with van der Waals surface area (Å²) in [5, 5.41) is 24.1. The first-order valence-corrected chi connectivity index (χ1v) is 11.2. The molecule has 0 saturated heterocycles. The smallest absolute Gasteiger partial charge is 0.271 e. The van der Waals surface area contributed by atoms with Crippen LogP contribution in [0.3, 0.4) is 0 Å². The normalized spacial score (nSPS) is 12.0. The standard InChI is InChI=1S/C20H15N5O6S2/c26-17(7-5-12-4-6-15-16(8-12)31-11-30-15)22-19-23-24-20(33-19)32-10-18(27)21-13-2-1-3-14(9-13)25(28)29/h1-9H,10-11H2,(H,21,27)(H,22,23,26)/b7-5+. The summed E-state index contributed by atoms with van der Waals surface area (Å²) in [4.78, 5) is 34.5. The number of aromatic nitrogens is 2. The fraction of sp³-hybridized carbons (Fsp3) is 0.100. The van der Waals surface area contributed by atoms with E-state index in [0.29, 0.717) is 21.5 Å². The number of non-ortho nitro benzene ring substituents is 1. The van der Waals surface area contributed by atoms with Gasteiger partial charge in [-0.2, -0.15) is 0 Å². The van der Waals surface area contributed by atoms with Gasteiger partial charge in [0.1, 0.15) is 0 Å². The van der Waals surface area contributed by atoms with E-state index in [0.717, 1.165) is 28.7 Å². The largest absolute Gasteiger partial charge is 0.454 e. The third kappa shape index (κ3) is 6.05. The molecule has 33 heavy (non-hydrogen) atoms. The number of anilines is 2. The summed E-state index contributed by atoms with van der Waals surface area (Å²) < 4.78 is 11.0. The minimum Gasteiger partial charge on any atom is -0.454 e. The second kappa shape index (κ2) is 10.1. The fourth-order valence-corrected chi connectivity index (χ4v) is 4.23. The Hall–Kier alpha value is -3.97. The van der Waals surface area contributed by atoms with Gasteiger partial charge in [0.15, 0.2) is 15.8 Å². The number of ether oxygens (including phenoxy) is 2. The maximum atomic E-state index is 12.1. The molecular formula is C20H15N5O6S2. The van der Waals surface area contributed by atoms with Crippen LogP contribution in [0.5, 0.6) is 11.5 Å². The molecule has 0 aliphatic carbocycles. The van der Waals surface area contributed by atoms with Crippen molar-refractivity contribution in [2.24, 2.45) is 0 Å². The Morgan fingerprint density at radius 3 is 2.85 bits per heavy atom. The molecule has 2 N–H and O–H groups in total. The van der Waals surface area contributed by atoms with Gasteiger partial charge in [0.25, 0.3) is 5.69 Å². The Balaban J connectivity index is 1.25. The number of nitrogens with zero attached hydrogens (tertiary/aromatic N) is 3. The highest BCUT2D eigenvalue weighted by atomic mass is 32.2. The summed E-state index contributed by atoms with van der Waals surface area (Å²) in [6.07, 6.45) is 2.99. The summed E-state index contributed by atoms with van der Waals surface area (Å²) in [5.41, 5.74) is 0.990. The second-order valence-electron chi connectivity index (χ2n) is 6.45. The number of fused-ring (bicyclic) bond motifs is 1. The molecule has 2 aromatic carbocycles. The molecule has 0 radical (unpaired) electrons. The molecule has 4 rings (SSSR count). The zero-order valence-electron chi connectivity index (χ0n) is 16.7. The number of hydrogen-bond acceptors (Lipinski definition) is 10. The van der Waals surface area contributed by atoms with Gasteiger partial charge in [0, 0.05) is 23.9 Å². The van der Waals surface area contributed by atoms with E-state index in [-0.39, 0.29) is 35.2 Å². The number of rotatable bonds is 8. The number of carbonyl (C=O) groups is 2. The highest BCUT2D eigenvalue weighted by molar-refractivity contribution is 8.01. The molecule has 0 saturated carbocycles. The lowest BCUT2D eigenvalue weighted by atomic mass is 10.2. The second-order valence-corrected chi connectivity index (χ2v) is 8.65. The maximum absolute atomic E-state index is 12.1. The number of nitro benzene ring substituents is 1. The van der Waals surface area contributed by atoms with E-state index in [1.54, 1.807) is 30.3 Å². The highest BCUT2D eigenvalue weighted by Gasteiger charge is 2.13. The van der Waals surface area contributed by atoms with E-state index in [1.165, 1.54) is 24.3 Å². The lowest BCUT2D eigenvalue weighted by Crippen LogP contribution is -2.14. The summed E-state index contributed by atoms with van der Waals surface area (Å²) in [7, 11) is 0. The zero-order valence-corrected chi connectivity index (χ0v) is 18.4. The first kappa shape index (κ1) is 22.2. The van der Waals surface area contributed by atoms with E-state index < -0.39 is 4.92 Å². The molecule has 0 bridgehead atoms. The van der Waals surface area contributed by atoms with Crippen LogP contribution in [0.15, 0.2) is 52.9 Å². The van der Waals surface area contributed by atoms with E-state index in [4.69, 9.17) is 9.47 Å². The summed E-state index contributed by atoms with van der Waals surface area (Å²) >= 11 is 2.25. The van der Waals surface area contributed by atoms with Gasteiger partial charge in [-0.3, -0.25) is 25.0 Å². The number of nitro groups is 1. The Morgan fingerprint density at radius 1 is 1.15 bits per heavy atom. The maximum Gasteiger partial charge on any atom is 0.271 e. The van der Waals surface area contributed by atoms with Crippen molar-refractivity contribution in [3.05, 3.63) is 64.2 Å². The van der Waals surface area contributed by atoms with Crippen LogP contribution >= 0.6 is 23.1 Å². The van der Waals surface area contributed by atoms with Crippen molar-refractivity contribution < 1.29 is 24.0 Å². The Kier molecular flexibility index (Phi) is 6.80. The van der Waals surface area contributed by atoms with Gasteiger partial charge in [-0.25, -0.2) is 0 Å². The van der Waals surface area contributed by atoms with Crippen molar-refractivity contribution in [2.75, 3.05) is 23.2 Å². The van der Waals surface area contributed by atoms with Crippen molar-refractivity contribution >= 4 is 57.5 Å². The van der Waals surface area contributed by atoms with E-state index in [9.17, 15) is 19.7 Å². The number of hydrogen-bond donors (Lipinski definition) is 2.